The normalized spacial score (nSPS) is 11.6. The highest BCUT2D eigenvalue weighted by molar-refractivity contribution is 5.80. The molecule has 1 aromatic heterocycles. The van der Waals surface area contributed by atoms with E-state index >= 15 is 0 Å². The van der Waals surface area contributed by atoms with Gasteiger partial charge in [-0.3, -0.25) is 0 Å². The van der Waals surface area contributed by atoms with Crippen LogP contribution in [-0.2, 0) is 20.0 Å². The lowest BCUT2D eigenvalue weighted by Gasteiger charge is -2.12. The lowest BCUT2D eigenvalue weighted by atomic mass is 10.1. The van der Waals surface area contributed by atoms with Crippen molar-refractivity contribution in [2.75, 3.05) is 20.2 Å². The fourth-order valence-corrected chi connectivity index (χ4v) is 3.05. The number of aliphatic imine (C=N–C) groups is 1. The molecule has 0 saturated carbocycles. The molecule has 3 rings (SSSR count). The van der Waals surface area contributed by atoms with Gasteiger partial charge in [-0.2, -0.15) is 0 Å². The Hall–Kier alpha value is -3.02. The Morgan fingerprint density at radius 1 is 1.11 bits per heavy atom. The summed E-state index contributed by atoms with van der Waals surface area (Å²) < 4.78 is 7.51. The molecule has 2 aromatic carbocycles. The Morgan fingerprint density at radius 3 is 2.67 bits per heavy atom. The summed E-state index contributed by atoms with van der Waals surface area (Å²) in [5.41, 5.74) is 3.30. The van der Waals surface area contributed by atoms with Gasteiger partial charge in [0.15, 0.2) is 5.96 Å². The maximum atomic E-state index is 5.41. The summed E-state index contributed by atoms with van der Waals surface area (Å²) >= 11 is 0. The van der Waals surface area contributed by atoms with Crippen molar-refractivity contribution in [3.8, 4) is 5.75 Å². The molecule has 3 aromatic rings. The van der Waals surface area contributed by atoms with E-state index in [1.165, 1.54) is 5.56 Å². The zero-order chi connectivity index (χ0) is 19.1. The Labute approximate surface area is 160 Å². The number of aryl methyl sites for hydroxylation is 1. The fourth-order valence-electron chi connectivity index (χ4n) is 3.05. The number of nitrogens with zero attached hydrogens (tertiary/aromatic N) is 3. The maximum absolute atomic E-state index is 5.41. The SMILES string of the molecule is CCNC(=NCc1nc2ccccc2n1C)NCCc1ccccc1OC. The van der Waals surface area contributed by atoms with Gasteiger partial charge in [0.2, 0.25) is 0 Å². The Morgan fingerprint density at radius 2 is 1.89 bits per heavy atom. The summed E-state index contributed by atoms with van der Waals surface area (Å²) in [5.74, 6) is 2.65. The van der Waals surface area contributed by atoms with Crippen LogP contribution in [-0.4, -0.2) is 35.7 Å². The molecule has 0 aliphatic rings. The highest BCUT2D eigenvalue weighted by Gasteiger charge is 2.07. The zero-order valence-corrected chi connectivity index (χ0v) is 16.2. The first-order chi connectivity index (χ1) is 13.2. The Kier molecular flexibility index (Phi) is 6.30. The van der Waals surface area contributed by atoms with Crippen LogP contribution in [0.4, 0.5) is 0 Å². The zero-order valence-electron chi connectivity index (χ0n) is 16.2. The topological polar surface area (TPSA) is 63.5 Å². The number of guanidine groups is 1. The van der Waals surface area contributed by atoms with Crippen molar-refractivity contribution in [2.45, 2.75) is 19.9 Å². The van der Waals surface area contributed by atoms with Crippen LogP contribution in [0.25, 0.3) is 11.0 Å². The van der Waals surface area contributed by atoms with Gasteiger partial charge in [-0.05, 0) is 37.1 Å². The summed E-state index contributed by atoms with van der Waals surface area (Å²) in [4.78, 5) is 9.37. The van der Waals surface area contributed by atoms with Crippen LogP contribution < -0.4 is 15.4 Å². The van der Waals surface area contributed by atoms with E-state index in [-0.39, 0.29) is 0 Å². The maximum Gasteiger partial charge on any atom is 0.191 e. The van der Waals surface area contributed by atoms with E-state index in [9.17, 15) is 0 Å². The molecule has 6 nitrogen and oxygen atoms in total. The summed E-state index contributed by atoms with van der Waals surface area (Å²) in [7, 11) is 3.73. The summed E-state index contributed by atoms with van der Waals surface area (Å²) in [5, 5.41) is 6.68. The van der Waals surface area contributed by atoms with Crippen LogP contribution in [0.15, 0.2) is 53.5 Å². The Bertz CT molecular complexity index is 916. The molecule has 0 saturated heterocycles. The molecule has 142 valence electrons. The number of methoxy groups -OCH3 is 1. The van der Waals surface area contributed by atoms with Gasteiger partial charge in [0.25, 0.3) is 0 Å². The molecule has 0 radical (unpaired) electrons. The quantitative estimate of drug-likeness (QED) is 0.499. The number of nitrogens with one attached hydrogen (secondary N) is 2. The van der Waals surface area contributed by atoms with Gasteiger partial charge in [-0.15, -0.1) is 0 Å². The summed E-state index contributed by atoms with van der Waals surface area (Å²) in [6, 6.07) is 16.2. The molecule has 2 N–H and O–H groups in total. The predicted molar refractivity (Wildman–Crippen MR) is 110 cm³/mol. The van der Waals surface area contributed by atoms with Crippen LogP contribution in [0.5, 0.6) is 5.75 Å². The number of ether oxygens (including phenoxy) is 1. The number of aromatic nitrogens is 2. The molecular formula is C21H27N5O. The second-order valence-electron chi connectivity index (χ2n) is 6.26. The molecular weight excluding hydrogens is 338 g/mol. The van der Waals surface area contributed by atoms with Gasteiger partial charge in [0.05, 0.1) is 18.1 Å². The molecule has 0 fully saturated rings. The minimum atomic E-state index is 0.523. The van der Waals surface area contributed by atoms with Gasteiger partial charge in [-0.1, -0.05) is 30.3 Å². The van der Waals surface area contributed by atoms with Crippen molar-refractivity contribution in [1.29, 1.82) is 0 Å². The second-order valence-corrected chi connectivity index (χ2v) is 6.26. The molecule has 0 unspecified atom stereocenters. The molecule has 0 aliphatic carbocycles. The average Bonchev–Trinajstić information content (AvgIpc) is 3.02. The van der Waals surface area contributed by atoms with Crippen molar-refractivity contribution in [2.24, 2.45) is 12.0 Å². The summed E-state index contributed by atoms with van der Waals surface area (Å²) in [6.07, 6.45) is 0.862. The van der Waals surface area contributed by atoms with E-state index in [1.54, 1.807) is 7.11 Å². The molecule has 0 atom stereocenters. The van der Waals surface area contributed by atoms with Crippen LogP contribution >= 0.6 is 0 Å². The smallest absolute Gasteiger partial charge is 0.191 e. The van der Waals surface area contributed by atoms with E-state index in [0.717, 1.165) is 48.1 Å². The third-order valence-electron chi connectivity index (χ3n) is 4.48. The van der Waals surface area contributed by atoms with E-state index in [0.29, 0.717) is 6.54 Å². The van der Waals surface area contributed by atoms with Crippen LogP contribution in [0.2, 0.25) is 0 Å². The second kappa shape index (κ2) is 9.07. The molecule has 1 heterocycles. The molecule has 0 bridgehead atoms. The van der Waals surface area contributed by atoms with E-state index in [1.807, 2.05) is 43.4 Å². The first-order valence-electron chi connectivity index (χ1n) is 9.27. The monoisotopic (exact) mass is 365 g/mol. The fraction of sp³-hybridized carbons (Fsp3) is 0.333. The van der Waals surface area contributed by atoms with E-state index in [4.69, 9.17) is 9.73 Å². The first kappa shape index (κ1) is 18.8. The van der Waals surface area contributed by atoms with Crippen LogP contribution in [0.3, 0.4) is 0 Å². The van der Waals surface area contributed by atoms with Gasteiger partial charge in [-0.25, -0.2) is 9.98 Å². The first-order valence-corrected chi connectivity index (χ1v) is 9.27. The number of para-hydroxylation sites is 3. The molecule has 0 aliphatic heterocycles. The number of imidazole rings is 1. The van der Waals surface area contributed by atoms with Crippen molar-refractivity contribution >= 4 is 17.0 Å². The number of hydrogen-bond acceptors (Lipinski definition) is 3. The van der Waals surface area contributed by atoms with Crippen LogP contribution in [0, 0.1) is 0 Å². The average molecular weight is 365 g/mol. The van der Waals surface area contributed by atoms with Crippen molar-refractivity contribution < 1.29 is 4.74 Å². The minimum absolute atomic E-state index is 0.523. The van der Waals surface area contributed by atoms with Gasteiger partial charge >= 0.3 is 0 Å². The summed E-state index contributed by atoms with van der Waals surface area (Å²) in [6.45, 7) is 4.17. The van der Waals surface area contributed by atoms with Crippen molar-refractivity contribution in [1.82, 2.24) is 20.2 Å². The lowest BCUT2D eigenvalue weighted by Crippen LogP contribution is -2.38. The third-order valence-corrected chi connectivity index (χ3v) is 4.48. The Balaban J connectivity index is 1.64. The lowest BCUT2D eigenvalue weighted by molar-refractivity contribution is 0.409. The van der Waals surface area contributed by atoms with Crippen LogP contribution in [0.1, 0.15) is 18.3 Å². The predicted octanol–water partition coefficient (Wildman–Crippen LogP) is 2.88. The highest BCUT2D eigenvalue weighted by Crippen LogP contribution is 2.17. The molecule has 27 heavy (non-hydrogen) atoms. The number of benzene rings is 2. The van der Waals surface area contributed by atoms with E-state index in [2.05, 4.69) is 39.2 Å². The molecule has 6 heteroatoms. The van der Waals surface area contributed by atoms with E-state index < -0.39 is 0 Å². The molecule has 0 amide bonds. The number of fused-ring (bicyclic) bond motifs is 1. The third kappa shape index (κ3) is 4.58. The number of hydrogen-bond donors (Lipinski definition) is 2. The number of rotatable bonds is 7. The standard InChI is InChI=1S/C21H27N5O/c1-4-22-21(23-14-13-16-9-5-8-12-19(16)27-3)24-15-20-25-17-10-6-7-11-18(17)26(20)2/h5-12H,4,13-15H2,1-3H3,(H2,22,23,24). The van der Waals surface area contributed by atoms with Gasteiger partial charge in [0.1, 0.15) is 18.1 Å². The van der Waals surface area contributed by atoms with Gasteiger partial charge in [0, 0.05) is 20.1 Å². The van der Waals surface area contributed by atoms with Crippen molar-refractivity contribution in [3.63, 3.8) is 0 Å². The highest BCUT2D eigenvalue weighted by atomic mass is 16.5. The molecule has 0 spiro atoms. The van der Waals surface area contributed by atoms with Crippen molar-refractivity contribution in [3.05, 3.63) is 59.9 Å². The van der Waals surface area contributed by atoms with Gasteiger partial charge < -0.3 is 19.9 Å². The minimum Gasteiger partial charge on any atom is -0.496 e. The largest absolute Gasteiger partial charge is 0.496 e.